The molecule has 0 unspecified atom stereocenters. The van der Waals surface area contributed by atoms with Crippen molar-refractivity contribution in [2.24, 2.45) is 17.6 Å². The molecule has 23 heavy (non-hydrogen) atoms. The fourth-order valence-corrected chi connectivity index (χ4v) is 3.30. The zero-order valence-corrected chi connectivity index (χ0v) is 14.1. The van der Waals surface area contributed by atoms with Crippen molar-refractivity contribution in [3.8, 4) is 11.5 Å². The highest BCUT2D eigenvalue weighted by Crippen LogP contribution is 2.32. The lowest BCUT2D eigenvalue weighted by Gasteiger charge is -2.17. The number of carbonyl (C=O) groups is 1. The van der Waals surface area contributed by atoms with E-state index in [-0.39, 0.29) is 24.2 Å². The highest BCUT2D eigenvalue weighted by Gasteiger charge is 2.31. The molecule has 1 heterocycles. The van der Waals surface area contributed by atoms with Crippen LogP contribution in [0.1, 0.15) is 31.2 Å². The Morgan fingerprint density at radius 3 is 2.74 bits per heavy atom. The molecule has 1 fully saturated rings. The number of hydrogen-bond acceptors (Lipinski definition) is 4. The Bertz CT molecular complexity index is 539. The molecule has 1 aromatic rings. The van der Waals surface area contributed by atoms with Crippen molar-refractivity contribution in [3.63, 3.8) is 0 Å². The fourth-order valence-electron chi connectivity index (χ4n) is 3.30. The lowest BCUT2D eigenvalue weighted by atomic mass is 9.95. The van der Waals surface area contributed by atoms with Crippen molar-refractivity contribution in [1.82, 2.24) is 5.32 Å². The molecule has 6 heteroatoms. The molecule has 128 valence electrons. The molecular formula is C17H25ClN2O3. The summed E-state index contributed by atoms with van der Waals surface area (Å²) in [6.07, 6.45) is 4.01. The van der Waals surface area contributed by atoms with Gasteiger partial charge in [0.05, 0.1) is 13.2 Å². The largest absolute Gasteiger partial charge is 0.490 e. The number of ether oxygens (including phenoxy) is 2. The Kier molecular flexibility index (Phi) is 6.54. The predicted octanol–water partition coefficient (Wildman–Crippen LogP) is 2.26. The van der Waals surface area contributed by atoms with E-state index >= 15 is 0 Å². The first-order valence-electron chi connectivity index (χ1n) is 8.14. The Hall–Kier alpha value is -1.46. The van der Waals surface area contributed by atoms with E-state index < -0.39 is 0 Å². The monoisotopic (exact) mass is 340 g/mol. The zero-order valence-electron chi connectivity index (χ0n) is 13.3. The second-order valence-electron chi connectivity index (χ2n) is 6.08. The molecule has 1 aliphatic carbocycles. The van der Waals surface area contributed by atoms with Crippen LogP contribution in [0.2, 0.25) is 0 Å². The summed E-state index contributed by atoms with van der Waals surface area (Å²) in [4.78, 5) is 12.3. The maximum Gasteiger partial charge on any atom is 0.223 e. The van der Waals surface area contributed by atoms with E-state index in [1.807, 2.05) is 18.2 Å². The van der Waals surface area contributed by atoms with Crippen LogP contribution < -0.4 is 20.5 Å². The minimum absolute atomic E-state index is 0. The fraction of sp³-hybridized carbons (Fsp3) is 0.588. The molecule has 1 aliphatic heterocycles. The van der Waals surface area contributed by atoms with Gasteiger partial charge in [-0.05, 0) is 43.0 Å². The van der Waals surface area contributed by atoms with Crippen molar-refractivity contribution in [2.45, 2.75) is 32.2 Å². The Morgan fingerprint density at radius 2 is 1.96 bits per heavy atom. The number of halogens is 1. The van der Waals surface area contributed by atoms with Crippen LogP contribution in [0.15, 0.2) is 18.2 Å². The molecule has 0 radical (unpaired) electrons. The number of benzene rings is 1. The Morgan fingerprint density at radius 1 is 1.17 bits per heavy atom. The van der Waals surface area contributed by atoms with Gasteiger partial charge in [0.2, 0.25) is 5.91 Å². The summed E-state index contributed by atoms with van der Waals surface area (Å²) in [5.74, 6) is 2.09. The van der Waals surface area contributed by atoms with E-state index in [1.165, 1.54) is 0 Å². The summed E-state index contributed by atoms with van der Waals surface area (Å²) in [6.45, 7) is 2.47. The summed E-state index contributed by atoms with van der Waals surface area (Å²) in [5, 5.41) is 3.04. The van der Waals surface area contributed by atoms with Crippen LogP contribution in [0.5, 0.6) is 11.5 Å². The average molecular weight is 341 g/mol. The van der Waals surface area contributed by atoms with Crippen molar-refractivity contribution in [1.29, 1.82) is 0 Å². The van der Waals surface area contributed by atoms with Crippen molar-refractivity contribution in [2.75, 3.05) is 19.8 Å². The van der Waals surface area contributed by atoms with Gasteiger partial charge in [0.25, 0.3) is 0 Å². The second-order valence-corrected chi connectivity index (χ2v) is 6.08. The third-order valence-corrected chi connectivity index (χ3v) is 4.58. The van der Waals surface area contributed by atoms with Crippen LogP contribution in [0, 0.1) is 11.8 Å². The molecule has 0 aromatic heterocycles. The summed E-state index contributed by atoms with van der Waals surface area (Å²) in [6, 6.07) is 5.85. The first kappa shape index (κ1) is 17.9. The van der Waals surface area contributed by atoms with Gasteiger partial charge >= 0.3 is 0 Å². The molecule has 1 aromatic carbocycles. The second kappa shape index (κ2) is 8.41. The lowest BCUT2D eigenvalue weighted by molar-refractivity contribution is -0.126. The number of rotatable bonds is 4. The maximum absolute atomic E-state index is 12.3. The topological polar surface area (TPSA) is 73.6 Å². The highest BCUT2D eigenvalue weighted by molar-refractivity contribution is 5.85. The minimum Gasteiger partial charge on any atom is -0.490 e. The summed E-state index contributed by atoms with van der Waals surface area (Å²) >= 11 is 0. The van der Waals surface area contributed by atoms with Gasteiger partial charge in [0, 0.05) is 18.9 Å². The molecular weight excluding hydrogens is 316 g/mol. The van der Waals surface area contributed by atoms with Gasteiger partial charge in [0.1, 0.15) is 0 Å². The standard InChI is InChI=1S/C17H24N2O3.ClH/c18-10-13-3-1-4-14(13)17(20)19-11-12-5-6-15-16(9-12)22-8-2-7-21-15;/h5-6,9,13-14H,1-4,7-8,10-11,18H2,(H,19,20);1H/t13-,14-;/m1./s1. The normalized spacial score (nSPS) is 22.8. The molecule has 2 atom stereocenters. The molecule has 0 saturated heterocycles. The van der Waals surface area contributed by atoms with E-state index in [0.717, 1.165) is 42.7 Å². The molecule has 2 aliphatic rings. The van der Waals surface area contributed by atoms with Crippen LogP contribution in [0.4, 0.5) is 0 Å². The first-order valence-corrected chi connectivity index (χ1v) is 8.14. The number of nitrogens with one attached hydrogen (secondary N) is 1. The first-order chi connectivity index (χ1) is 10.8. The Balaban J connectivity index is 0.00000192. The van der Waals surface area contributed by atoms with E-state index in [1.54, 1.807) is 0 Å². The highest BCUT2D eigenvalue weighted by atomic mass is 35.5. The zero-order chi connectivity index (χ0) is 15.4. The smallest absolute Gasteiger partial charge is 0.223 e. The summed E-state index contributed by atoms with van der Waals surface area (Å²) in [7, 11) is 0. The molecule has 1 saturated carbocycles. The van der Waals surface area contributed by atoms with Gasteiger partial charge < -0.3 is 20.5 Å². The quantitative estimate of drug-likeness (QED) is 0.881. The van der Waals surface area contributed by atoms with Crippen LogP contribution in [-0.4, -0.2) is 25.7 Å². The third-order valence-electron chi connectivity index (χ3n) is 4.58. The molecule has 0 bridgehead atoms. The molecule has 0 spiro atoms. The van der Waals surface area contributed by atoms with E-state index in [9.17, 15) is 4.79 Å². The maximum atomic E-state index is 12.3. The lowest BCUT2D eigenvalue weighted by Crippen LogP contribution is -2.34. The van der Waals surface area contributed by atoms with Gasteiger partial charge in [-0.25, -0.2) is 0 Å². The van der Waals surface area contributed by atoms with Crippen LogP contribution >= 0.6 is 12.4 Å². The SMILES string of the molecule is Cl.NC[C@H]1CCC[C@H]1C(=O)NCc1ccc2c(c1)OCCCO2. The molecule has 5 nitrogen and oxygen atoms in total. The molecule has 1 amide bonds. The summed E-state index contributed by atoms with van der Waals surface area (Å²) in [5.41, 5.74) is 6.78. The number of carbonyl (C=O) groups excluding carboxylic acids is 1. The average Bonchev–Trinajstić information content (AvgIpc) is 2.90. The van der Waals surface area contributed by atoms with Crippen molar-refractivity contribution < 1.29 is 14.3 Å². The minimum atomic E-state index is 0. The molecule has 3 rings (SSSR count). The number of hydrogen-bond donors (Lipinski definition) is 2. The number of nitrogens with two attached hydrogens (primary N) is 1. The predicted molar refractivity (Wildman–Crippen MR) is 91.0 cm³/mol. The molecule has 3 N–H and O–H groups in total. The van der Waals surface area contributed by atoms with Gasteiger partial charge in [-0.1, -0.05) is 12.5 Å². The van der Waals surface area contributed by atoms with Crippen LogP contribution in [-0.2, 0) is 11.3 Å². The van der Waals surface area contributed by atoms with Crippen LogP contribution in [0.25, 0.3) is 0 Å². The van der Waals surface area contributed by atoms with Crippen LogP contribution in [0.3, 0.4) is 0 Å². The van der Waals surface area contributed by atoms with Crippen molar-refractivity contribution >= 4 is 18.3 Å². The van der Waals surface area contributed by atoms with E-state index in [2.05, 4.69) is 5.32 Å². The van der Waals surface area contributed by atoms with E-state index in [4.69, 9.17) is 15.2 Å². The summed E-state index contributed by atoms with van der Waals surface area (Å²) < 4.78 is 11.3. The Labute approximate surface area is 143 Å². The van der Waals surface area contributed by atoms with Gasteiger partial charge in [-0.15, -0.1) is 12.4 Å². The van der Waals surface area contributed by atoms with Crippen molar-refractivity contribution in [3.05, 3.63) is 23.8 Å². The van der Waals surface area contributed by atoms with E-state index in [0.29, 0.717) is 32.2 Å². The number of fused-ring (bicyclic) bond motifs is 1. The number of amides is 1. The third kappa shape index (κ3) is 4.30. The van der Waals surface area contributed by atoms with Gasteiger partial charge in [-0.2, -0.15) is 0 Å². The van der Waals surface area contributed by atoms with Gasteiger partial charge in [0.15, 0.2) is 11.5 Å². The van der Waals surface area contributed by atoms with Gasteiger partial charge in [-0.3, -0.25) is 4.79 Å².